The molecule has 1 aliphatic heterocycles. The Labute approximate surface area is 198 Å². The molecule has 0 aromatic heterocycles. The molecule has 0 aromatic rings. The maximum Gasteiger partial charge on any atom is 0.312 e. The van der Waals surface area contributed by atoms with Gasteiger partial charge in [-0.1, -0.05) is 38.7 Å². The molecule has 1 heterocycles. The lowest BCUT2D eigenvalue weighted by atomic mass is 9.56. The lowest BCUT2D eigenvalue weighted by Crippen LogP contribution is -2.65. The van der Waals surface area contributed by atoms with E-state index in [9.17, 15) is 24.6 Å². The van der Waals surface area contributed by atoms with E-state index in [-0.39, 0.29) is 0 Å². The molecule has 182 valence electrons. The standard InChI is InChI=1S/C24H31ClO8/c1-11-7-8-17(31-14(4)26)23(6)10-9-16(28)12(2)18(23)20(32-15(5)27)24(30)13(3)22(29)33-21(24)19(11)25/h7-10,12-13,16-21,28,30H,1H2,2-6H3. The van der Waals surface area contributed by atoms with Crippen LogP contribution in [0.3, 0.4) is 0 Å². The van der Waals surface area contributed by atoms with Crippen LogP contribution in [0, 0.1) is 23.2 Å². The van der Waals surface area contributed by atoms with Crippen LogP contribution >= 0.6 is 11.6 Å². The first-order chi connectivity index (χ1) is 15.2. The highest BCUT2D eigenvalue weighted by atomic mass is 35.5. The summed E-state index contributed by atoms with van der Waals surface area (Å²) >= 11 is 6.62. The molecule has 10 unspecified atom stereocenters. The summed E-state index contributed by atoms with van der Waals surface area (Å²) in [7, 11) is 0. The maximum atomic E-state index is 12.7. The van der Waals surface area contributed by atoms with Gasteiger partial charge >= 0.3 is 17.9 Å². The van der Waals surface area contributed by atoms with Gasteiger partial charge in [0.15, 0.2) is 11.7 Å². The van der Waals surface area contributed by atoms with E-state index in [0.717, 1.165) is 0 Å². The molecule has 2 aliphatic carbocycles. The van der Waals surface area contributed by atoms with Crippen molar-refractivity contribution in [1.82, 2.24) is 0 Å². The van der Waals surface area contributed by atoms with Crippen molar-refractivity contribution in [3.63, 3.8) is 0 Å². The molecule has 2 N–H and O–H groups in total. The van der Waals surface area contributed by atoms with Crippen LogP contribution in [0.1, 0.15) is 34.6 Å². The number of esters is 3. The number of fused-ring (bicyclic) bond motifs is 2. The van der Waals surface area contributed by atoms with Crippen LogP contribution in [-0.4, -0.2) is 63.5 Å². The molecule has 0 spiro atoms. The number of carbonyl (C=O) groups excluding carboxylic acids is 3. The second kappa shape index (κ2) is 8.89. The number of alkyl halides is 1. The Kier molecular flexibility index (Phi) is 6.86. The van der Waals surface area contributed by atoms with Gasteiger partial charge in [-0.05, 0) is 24.5 Å². The number of ether oxygens (including phenoxy) is 3. The van der Waals surface area contributed by atoms with Crippen LogP contribution in [0.4, 0.5) is 0 Å². The Morgan fingerprint density at radius 3 is 2.36 bits per heavy atom. The quantitative estimate of drug-likeness (QED) is 0.266. The smallest absolute Gasteiger partial charge is 0.312 e. The van der Waals surface area contributed by atoms with Crippen LogP contribution in [0.15, 0.2) is 36.5 Å². The van der Waals surface area contributed by atoms with Gasteiger partial charge in [0, 0.05) is 25.2 Å². The number of aliphatic hydroxyl groups excluding tert-OH is 1. The molecular weight excluding hydrogens is 452 g/mol. The fraction of sp³-hybridized carbons (Fsp3) is 0.625. The van der Waals surface area contributed by atoms with Crippen molar-refractivity contribution < 1.29 is 38.8 Å². The van der Waals surface area contributed by atoms with E-state index in [1.807, 2.05) is 0 Å². The van der Waals surface area contributed by atoms with Crippen LogP contribution in [-0.2, 0) is 28.6 Å². The van der Waals surface area contributed by atoms with E-state index >= 15 is 0 Å². The van der Waals surface area contributed by atoms with E-state index in [2.05, 4.69) is 6.58 Å². The first kappa shape index (κ1) is 25.5. The molecule has 0 amide bonds. The molecule has 3 rings (SSSR count). The number of halogens is 1. The van der Waals surface area contributed by atoms with Gasteiger partial charge in [-0.15, -0.1) is 11.6 Å². The number of hydrogen-bond acceptors (Lipinski definition) is 8. The topological polar surface area (TPSA) is 119 Å². The molecule has 1 fully saturated rings. The molecular formula is C24H31ClO8. The number of allylic oxidation sites excluding steroid dienone is 1. The first-order valence-electron chi connectivity index (χ1n) is 10.9. The van der Waals surface area contributed by atoms with Gasteiger partial charge in [-0.25, -0.2) is 0 Å². The summed E-state index contributed by atoms with van der Waals surface area (Å²) < 4.78 is 16.9. The summed E-state index contributed by atoms with van der Waals surface area (Å²) in [5.41, 5.74) is -2.78. The van der Waals surface area contributed by atoms with Gasteiger partial charge in [0.25, 0.3) is 0 Å². The second-order valence-corrected chi connectivity index (χ2v) is 9.93. The molecule has 0 aromatic carbocycles. The van der Waals surface area contributed by atoms with E-state index < -0.39 is 76.5 Å². The third kappa shape index (κ3) is 4.13. The summed E-state index contributed by atoms with van der Waals surface area (Å²) in [6, 6.07) is 0. The predicted molar refractivity (Wildman–Crippen MR) is 119 cm³/mol. The van der Waals surface area contributed by atoms with Crippen LogP contribution in [0.25, 0.3) is 0 Å². The largest absolute Gasteiger partial charge is 0.459 e. The molecule has 10 atom stereocenters. The summed E-state index contributed by atoms with van der Waals surface area (Å²) in [5, 5.41) is 21.8. The summed E-state index contributed by atoms with van der Waals surface area (Å²) in [6.07, 6.45) is 2.05. The summed E-state index contributed by atoms with van der Waals surface area (Å²) in [4.78, 5) is 36.9. The highest BCUT2D eigenvalue weighted by molar-refractivity contribution is 6.23. The zero-order valence-electron chi connectivity index (χ0n) is 19.4. The lowest BCUT2D eigenvalue weighted by Gasteiger charge is -2.53. The Bertz CT molecular complexity index is 912. The molecule has 0 bridgehead atoms. The predicted octanol–water partition coefficient (Wildman–Crippen LogP) is 2.07. The Hall–Kier alpha value is -2.16. The first-order valence-corrected chi connectivity index (χ1v) is 11.3. The Morgan fingerprint density at radius 2 is 1.79 bits per heavy atom. The fourth-order valence-electron chi connectivity index (χ4n) is 5.40. The molecule has 1 saturated heterocycles. The van der Waals surface area contributed by atoms with Gasteiger partial charge in [0.2, 0.25) is 0 Å². The van der Waals surface area contributed by atoms with Crippen LogP contribution in [0.5, 0.6) is 0 Å². The number of hydrogen-bond donors (Lipinski definition) is 2. The zero-order chi connectivity index (χ0) is 24.9. The minimum atomic E-state index is -2.05. The average molecular weight is 483 g/mol. The lowest BCUT2D eigenvalue weighted by molar-refractivity contribution is -0.209. The minimum absolute atomic E-state index is 0.315. The third-order valence-electron chi connectivity index (χ3n) is 7.31. The molecule has 33 heavy (non-hydrogen) atoms. The van der Waals surface area contributed by atoms with Crippen LogP contribution in [0.2, 0.25) is 0 Å². The minimum Gasteiger partial charge on any atom is -0.459 e. The van der Waals surface area contributed by atoms with E-state index in [1.165, 1.54) is 20.8 Å². The van der Waals surface area contributed by atoms with Gasteiger partial charge in [-0.2, -0.15) is 0 Å². The van der Waals surface area contributed by atoms with Gasteiger partial charge in [0.1, 0.15) is 12.2 Å². The highest BCUT2D eigenvalue weighted by Crippen LogP contribution is 2.53. The molecule has 0 saturated carbocycles. The van der Waals surface area contributed by atoms with E-state index in [1.54, 1.807) is 38.2 Å². The van der Waals surface area contributed by atoms with E-state index in [0.29, 0.717) is 5.57 Å². The molecule has 9 heteroatoms. The number of carbonyl (C=O) groups is 3. The normalized spacial score (nSPS) is 45.0. The Morgan fingerprint density at radius 1 is 1.18 bits per heavy atom. The Balaban J connectivity index is 2.35. The van der Waals surface area contributed by atoms with Gasteiger partial charge in [-0.3, -0.25) is 14.4 Å². The third-order valence-corrected chi connectivity index (χ3v) is 7.82. The second-order valence-electron chi connectivity index (χ2n) is 9.46. The van der Waals surface area contributed by atoms with Crippen molar-refractivity contribution in [3.8, 4) is 0 Å². The fourth-order valence-corrected chi connectivity index (χ4v) is 5.73. The van der Waals surface area contributed by atoms with Crippen molar-refractivity contribution in [2.45, 2.75) is 70.0 Å². The summed E-state index contributed by atoms with van der Waals surface area (Å²) in [6.45, 7) is 11.4. The molecule has 3 aliphatic rings. The van der Waals surface area contributed by atoms with Crippen molar-refractivity contribution in [3.05, 3.63) is 36.5 Å². The highest BCUT2D eigenvalue weighted by Gasteiger charge is 2.67. The van der Waals surface area contributed by atoms with Crippen LogP contribution < -0.4 is 0 Å². The molecule has 8 nitrogen and oxygen atoms in total. The average Bonchev–Trinajstić information content (AvgIpc) is 2.96. The van der Waals surface area contributed by atoms with Gasteiger partial charge < -0.3 is 24.4 Å². The SMILES string of the molecule is C=C1C=CC(OC(C)=O)C2(C)C=CC(O)C(C)C2C(OC(C)=O)C2(O)C(C)C(=O)OC2C1Cl. The number of rotatable bonds is 2. The zero-order valence-corrected chi connectivity index (χ0v) is 20.1. The maximum absolute atomic E-state index is 12.7. The van der Waals surface area contributed by atoms with Crippen molar-refractivity contribution in [1.29, 1.82) is 0 Å². The molecule has 0 radical (unpaired) electrons. The summed E-state index contributed by atoms with van der Waals surface area (Å²) in [5.74, 6) is -4.40. The van der Waals surface area contributed by atoms with Crippen molar-refractivity contribution in [2.75, 3.05) is 0 Å². The van der Waals surface area contributed by atoms with Crippen molar-refractivity contribution >= 4 is 29.5 Å². The monoisotopic (exact) mass is 482 g/mol. The van der Waals surface area contributed by atoms with E-state index in [4.69, 9.17) is 25.8 Å². The van der Waals surface area contributed by atoms with Gasteiger partial charge in [0.05, 0.1) is 17.4 Å². The van der Waals surface area contributed by atoms with Crippen molar-refractivity contribution in [2.24, 2.45) is 23.2 Å². The number of aliphatic hydroxyl groups is 2.